The molecule has 0 heterocycles. The smallest absolute Gasteiger partial charge is 0.163 e. The van der Waals surface area contributed by atoms with E-state index in [0.717, 1.165) is 25.0 Å². The van der Waals surface area contributed by atoms with Crippen LogP contribution >= 0.6 is 0 Å². The Morgan fingerprint density at radius 1 is 1.00 bits per heavy atom. The van der Waals surface area contributed by atoms with Crippen molar-refractivity contribution in [2.45, 2.75) is 65.2 Å². The van der Waals surface area contributed by atoms with Gasteiger partial charge in [-0.3, -0.25) is 4.79 Å². The molecule has 138 valence electrons. The van der Waals surface area contributed by atoms with E-state index in [1.54, 1.807) is 0 Å². The molecule has 1 fully saturated rings. The minimum atomic E-state index is 0.0989. The molecule has 1 aliphatic rings. The number of carbonyl (C=O) groups excluding carboxylic acids is 1. The Hall–Kier alpha value is -1.41. The van der Waals surface area contributed by atoms with E-state index >= 15 is 0 Å². The van der Waals surface area contributed by atoms with E-state index in [2.05, 4.69) is 70.7 Å². The van der Waals surface area contributed by atoms with Crippen molar-refractivity contribution in [2.24, 2.45) is 5.92 Å². The topological polar surface area (TPSA) is 20.3 Å². The Morgan fingerprint density at radius 3 is 1.96 bits per heavy atom. The van der Waals surface area contributed by atoms with Crippen molar-refractivity contribution in [3.05, 3.63) is 40.5 Å². The Morgan fingerprint density at radius 2 is 1.52 bits per heavy atom. The van der Waals surface area contributed by atoms with E-state index < -0.39 is 0 Å². The lowest BCUT2D eigenvalue weighted by Crippen LogP contribution is -2.24. The number of Topliss-reactive ketones (excluding diaryl/α,β-unsaturated/α-hetero) is 1. The fourth-order valence-corrected chi connectivity index (χ4v) is 3.41. The predicted octanol–water partition coefficient (Wildman–Crippen LogP) is 5.21. The van der Waals surface area contributed by atoms with Crippen molar-refractivity contribution in [3.63, 3.8) is 0 Å². The van der Waals surface area contributed by atoms with Gasteiger partial charge in [0.15, 0.2) is 5.78 Å². The lowest BCUT2D eigenvalue weighted by molar-refractivity contribution is -0.118. The minimum Gasteiger partial charge on any atom is -0.309 e. The largest absolute Gasteiger partial charge is 0.309 e. The van der Waals surface area contributed by atoms with Crippen molar-refractivity contribution < 1.29 is 4.79 Å². The Labute approximate surface area is 154 Å². The van der Waals surface area contributed by atoms with Gasteiger partial charge in [0, 0.05) is 12.5 Å². The predicted molar refractivity (Wildman–Crippen MR) is 108 cm³/mol. The van der Waals surface area contributed by atoms with E-state index in [1.807, 2.05) is 14.1 Å². The van der Waals surface area contributed by atoms with Crippen LogP contribution < -0.4 is 0 Å². The van der Waals surface area contributed by atoms with Gasteiger partial charge in [-0.25, -0.2) is 0 Å². The summed E-state index contributed by atoms with van der Waals surface area (Å²) in [4.78, 5) is 14.8. The zero-order chi connectivity index (χ0) is 19.0. The fraction of sp³-hybridized carbons (Fsp3) is 0.609. The molecule has 0 aromatic heterocycles. The molecule has 2 rings (SSSR count). The summed E-state index contributed by atoms with van der Waals surface area (Å²) in [6, 6.07) is 6.84. The number of carbonyl (C=O) groups is 1. The van der Waals surface area contributed by atoms with Gasteiger partial charge >= 0.3 is 0 Å². The molecule has 0 aliphatic heterocycles. The monoisotopic (exact) mass is 341 g/mol. The number of rotatable bonds is 3. The van der Waals surface area contributed by atoms with E-state index in [9.17, 15) is 4.79 Å². The van der Waals surface area contributed by atoms with Gasteiger partial charge in [-0.2, -0.15) is 0 Å². The van der Waals surface area contributed by atoms with Gasteiger partial charge in [-0.05, 0) is 66.1 Å². The molecule has 2 heteroatoms. The molecule has 2 nitrogen and oxygen atoms in total. The molecule has 1 aromatic carbocycles. The van der Waals surface area contributed by atoms with Gasteiger partial charge in [-0.1, -0.05) is 59.7 Å². The summed E-state index contributed by atoms with van der Waals surface area (Å²) in [5.41, 5.74) is 5.04. The Bertz CT molecular complexity index is 636. The van der Waals surface area contributed by atoms with E-state index in [0.29, 0.717) is 5.78 Å². The fourth-order valence-electron chi connectivity index (χ4n) is 3.41. The van der Waals surface area contributed by atoms with Crippen molar-refractivity contribution in [2.75, 3.05) is 20.6 Å². The highest BCUT2D eigenvalue weighted by Crippen LogP contribution is 2.33. The average molecular weight is 342 g/mol. The standard InChI is InChI=1S/C23H35NO/c1-22(2,3)19-12-16(13-20(14-19)23(4,5)6)11-17-9-10-18(21(17)25)15-24(7)8/h11-14,18H,9-10,15H2,1-8H3/b17-11-. The van der Waals surface area contributed by atoms with Crippen LogP contribution in [-0.4, -0.2) is 31.3 Å². The van der Waals surface area contributed by atoms with Crippen LogP contribution in [0.4, 0.5) is 0 Å². The van der Waals surface area contributed by atoms with Crippen molar-refractivity contribution in [1.29, 1.82) is 0 Å². The Kier molecular flexibility index (Phi) is 5.63. The molecule has 0 bridgehead atoms. The van der Waals surface area contributed by atoms with Gasteiger partial charge < -0.3 is 4.90 Å². The number of ketones is 1. The van der Waals surface area contributed by atoms with Crippen LogP contribution in [0.15, 0.2) is 23.8 Å². The first-order chi connectivity index (χ1) is 11.4. The number of hydrogen-bond donors (Lipinski definition) is 0. The SMILES string of the molecule is CN(C)CC1CC/C(=C/c2cc(C(C)(C)C)cc(C(C)(C)C)c2)C1=O. The highest BCUT2D eigenvalue weighted by Gasteiger charge is 2.29. The van der Waals surface area contributed by atoms with E-state index in [1.165, 1.54) is 16.7 Å². The number of allylic oxidation sites excluding steroid dienone is 1. The van der Waals surface area contributed by atoms with E-state index in [4.69, 9.17) is 0 Å². The third kappa shape index (κ3) is 5.04. The molecule has 1 saturated carbocycles. The van der Waals surface area contributed by atoms with Gasteiger partial charge in [0.05, 0.1) is 0 Å². The van der Waals surface area contributed by atoms with Crippen LogP contribution in [-0.2, 0) is 15.6 Å². The number of hydrogen-bond acceptors (Lipinski definition) is 2. The first-order valence-corrected chi connectivity index (χ1v) is 9.43. The first-order valence-electron chi connectivity index (χ1n) is 9.43. The molecular formula is C23H35NO. The van der Waals surface area contributed by atoms with Crippen molar-refractivity contribution in [3.8, 4) is 0 Å². The highest BCUT2D eigenvalue weighted by atomic mass is 16.1. The maximum Gasteiger partial charge on any atom is 0.163 e. The molecule has 1 unspecified atom stereocenters. The normalized spacial score (nSPS) is 20.8. The second kappa shape index (κ2) is 7.07. The molecule has 0 saturated heterocycles. The summed E-state index contributed by atoms with van der Waals surface area (Å²) in [6.07, 6.45) is 4.03. The van der Waals surface area contributed by atoms with Crippen LogP contribution in [0.5, 0.6) is 0 Å². The maximum atomic E-state index is 12.7. The molecule has 1 aliphatic carbocycles. The van der Waals surface area contributed by atoms with Crippen molar-refractivity contribution >= 4 is 11.9 Å². The number of benzene rings is 1. The van der Waals surface area contributed by atoms with Crippen molar-refractivity contribution in [1.82, 2.24) is 4.90 Å². The number of nitrogens with zero attached hydrogens (tertiary/aromatic N) is 1. The van der Waals surface area contributed by atoms with Crippen LogP contribution in [0, 0.1) is 5.92 Å². The highest BCUT2D eigenvalue weighted by molar-refractivity contribution is 6.03. The maximum absolute atomic E-state index is 12.7. The first kappa shape index (κ1) is 19.9. The summed E-state index contributed by atoms with van der Waals surface area (Å²) >= 11 is 0. The minimum absolute atomic E-state index is 0.0989. The van der Waals surface area contributed by atoms with E-state index in [-0.39, 0.29) is 16.7 Å². The van der Waals surface area contributed by atoms with Crippen LogP contribution in [0.1, 0.15) is 71.1 Å². The Balaban J connectivity index is 2.41. The second-order valence-electron chi connectivity index (χ2n) is 9.88. The third-order valence-electron chi connectivity index (χ3n) is 5.06. The summed E-state index contributed by atoms with van der Waals surface area (Å²) in [5.74, 6) is 0.501. The molecule has 0 amide bonds. The lowest BCUT2D eigenvalue weighted by Gasteiger charge is -2.26. The van der Waals surface area contributed by atoms with Gasteiger partial charge in [0.1, 0.15) is 0 Å². The van der Waals surface area contributed by atoms with Crippen LogP contribution in [0.3, 0.4) is 0 Å². The average Bonchev–Trinajstić information content (AvgIpc) is 2.77. The summed E-state index contributed by atoms with van der Waals surface area (Å²) in [6.45, 7) is 14.3. The van der Waals surface area contributed by atoms with Crippen LogP contribution in [0.2, 0.25) is 0 Å². The third-order valence-corrected chi connectivity index (χ3v) is 5.06. The zero-order valence-corrected chi connectivity index (χ0v) is 17.4. The van der Waals surface area contributed by atoms with Gasteiger partial charge in [-0.15, -0.1) is 0 Å². The molecule has 0 radical (unpaired) electrons. The van der Waals surface area contributed by atoms with Crippen LogP contribution in [0.25, 0.3) is 6.08 Å². The molecule has 25 heavy (non-hydrogen) atoms. The summed E-state index contributed by atoms with van der Waals surface area (Å²) in [5, 5.41) is 0. The molecular weight excluding hydrogens is 306 g/mol. The second-order valence-corrected chi connectivity index (χ2v) is 9.88. The molecule has 0 N–H and O–H groups in total. The van der Waals surface area contributed by atoms with Gasteiger partial charge in [0.25, 0.3) is 0 Å². The van der Waals surface area contributed by atoms with Gasteiger partial charge in [0.2, 0.25) is 0 Å². The summed E-state index contributed by atoms with van der Waals surface area (Å²) in [7, 11) is 4.08. The quantitative estimate of drug-likeness (QED) is 0.704. The molecule has 0 spiro atoms. The zero-order valence-electron chi connectivity index (χ0n) is 17.4. The summed E-state index contributed by atoms with van der Waals surface area (Å²) < 4.78 is 0. The molecule has 1 aromatic rings. The lowest BCUT2D eigenvalue weighted by atomic mass is 9.79. The molecule has 1 atom stereocenters.